The first-order chi connectivity index (χ1) is 17.0. The zero-order chi connectivity index (χ0) is 26.7. The lowest BCUT2D eigenvalue weighted by atomic mass is 9.95. The first kappa shape index (κ1) is 27.8. The van der Waals surface area contributed by atoms with E-state index in [1.54, 1.807) is 40.4 Å². The summed E-state index contributed by atoms with van der Waals surface area (Å²) >= 11 is 0. The van der Waals surface area contributed by atoms with Crippen molar-refractivity contribution >= 4 is 43.4 Å². The van der Waals surface area contributed by atoms with Crippen LogP contribution in [0.5, 0.6) is 23.0 Å². The van der Waals surface area contributed by atoms with Gasteiger partial charge >= 0.3 is 24.1 Å². The van der Waals surface area contributed by atoms with E-state index >= 15 is 0 Å². The van der Waals surface area contributed by atoms with E-state index in [2.05, 4.69) is 6.92 Å². The zero-order valence-electron chi connectivity index (χ0n) is 22.6. The third kappa shape index (κ3) is 5.62. The molecule has 0 spiro atoms. The highest BCUT2D eigenvalue weighted by molar-refractivity contribution is 6.72. The molecule has 0 aliphatic carbocycles. The minimum atomic E-state index is -2.64. The van der Waals surface area contributed by atoms with Gasteiger partial charge in [0, 0.05) is 23.3 Å². The first-order valence-electron chi connectivity index (χ1n) is 12.2. The molecule has 2 aromatic carbocycles. The van der Waals surface area contributed by atoms with Crippen LogP contribution in [0.25, 0.3) is 22.3 Å². The van der Waals surface area contributed by atoms with Gasteiger partial charge in [-0.2, -0.15) is 0 Å². The van der Waals surface area contributed by atoms with E-state index in [0.29, 0.717) is 63.9 Å². The van der Waals surface area contributed by atoms with E-state index in [-0.39, 0.29) is 5.43 Å². The molecule has 0 aliphatic rings. The number of hydrogen-bond acceptors (Lipinski definition) is 7. The van der Waals surface area contributed by atoms with E-state index in [4.69, 9.17) is 23.1 Å². The monoisotopic (exact) mass is 508 g/mol. The van der Waals surface area contributed by atoms with Crippen LogP contribution in [0.2, 0.25) is 18.1 Å². The van der Waals surface area contributed by atoms with Crippen LogP contribution in [0.1, 0.15) is 39.2 Å². The Labute approximate surface area is 216 Å². The van der Waals surface area contributed by atoms with Gasteiger partial charge in [-0.05, 0) is 49.2 Å². The summed E-state index contributed by atoms with van der Waals surface area (Å²) in [4.78, 5) is 25.0. The Balaban J connectivity index is 2.33. The fourth-order valence-corrected chi connectivity index (χ4v) is 4.51. The van der Waals surface area contributed by atoms with Crippen molar-refractivity contribution in [1.29, 1.82) is 0 Å². The highest BCUT2D eigenvalue weighted by Crippen LogP contribution is 2.43. The summed E-state index contributed by atoms with van der Waals surface area (Å²) in [6.45, 7) is 10.4. The summed E-state index contributed by atoms with van der Waals surface area (Å²) in [6, 6.07) is 8.87. The quantitative estimate of drug-likeness (QED) is 0.315. The van der Waals surface area contributed by atoms with Gasteiger partial charge in [0.1, 0.15) is 39.7 Å². The maximum absolute atomic E-state index is 14.1. The van der Waals surface area contributed by atoms with E-state index < -0.39 is 13.4 Å². The lowest BCUT2D eigenvalue weighted by Crippen LogP contribution is -2.41. The van der Waals surface area contributed by atoms with Crippen molar-refractivity contribution in [3.8, 4) is 34.3 Å². The molecule has 0 unspecified atom stereocenters. The van der Waals surface area contributed by atoms with Gasteiger partial charge in [-0.1, -0.05) is 27.2 Å². The van der Waals surface area contributed by atoms with Crippen molar-refractivity contribution in [3.05, 3.63) is 46.1 Å². The van der Waals surface area contributed by atoms with Gasteiger partial charge in [0.05, 0.1) is 6.61 Å². The van der Waals surface area contributed by atoms with Crippen molar-refractivity contribution < 1.29 is 27.9 Å². The third-order valence-corrected chi connectivity index (χ3v) is 10.4. The smallest absolute Gasteiger partial charge is 0.322 e. The predicted octanol–water partition coefficient (Wildman–Crippen LogP) is 2.94. The minimum absolute atomic E-state index is 0.190. The molecule has 1 heterocycles. The molecule has 0 saturated heterocycles. The largest absolute Gasteiger partial charge is 0.567 e. The van der Waals surface area contributed by atoms with Crippen molar-refractivity contribution in [2.45, 2.75) is 58.2 Å². The second kappa shape index (κ2) is 11.1. The fraction of sp³-hybridized carbons (Fsp3) is 0.400. The highest BCUT2D eigenvalue weighted by Gasteiger charge is 2.40. The Morgan fingerprint density at radius 2 is 1.67 bits per heavy atom. The molecule has 0 amide bonds. The average molecular weight is 508 g/mol. The summed E-state index contributed by atoms with van der Waals surface area (Å²) in [5.41, 5.74) is 1.33. The Bertz CT molecular complexity index is 1290. The van der Waals surface area contributed by atoms with Crippen LogP contribution < -0.4 is 24.1 Å². The molecule has 3 aromatic rings. The second-order valence-corrected chi connectivity index (χ2v) is 14.6. The molecule has 0 radical (unpaired) electrons. The van der Waals surface area contributed by atoms with Crippen LogP contribution in [0, 0.1) is 0 Å². The SMILES string of the molecule is BOc1ccc(-c2oc3cc(OCCCC)cc(OB)c3c(=O)c2CC(C)(C)[Si](C)(C)O)cc1OB. The molecule has 3 rings (SSSR count). The Morgan fingerprint density at radius 3 is 2.25 bits per heavy atom. The molecule has 0 atom stereocenters. The third-order valence-electron chi connectivity index (χ3n) is 6.93. The van der Waals surface area contributed by atoms with Gasteiger partial charge in [-0.25, -0.2) is 0 Å². The molecule has 0 saturated carbocycles. The molecule has 1 N–H and O–H groups in total. The molecule has 1 aromatic heterocycles. The first-order valence-corrected chi connectivity index (χ1v) is 15.2. The van der Waals surface area contributed by atoms with E-state index in [1.807, 2.05) is 33.0 Å². The van der Waals surface area contributed by atoms with Gasteiger partial charge in [0.2, 0.25) is 0 Å². The van der Waals surface area contributed by atoms with Gasteiger partial charge in [-0.3, -0.25) is 4.79 Å². The van der Waals surface area contributed by atoms with Crippen LogP contribution in [0.3, 0.4) is 0 Å². The standard InChI is InChI=1S/C25H35B3O7Si/c1-6-7-10-31-16-12-20-22(21(13-16)35-28)23(29)17(14-25(2,3)36(4,5)30)24(32-20)15-8-9-18(33-26)19(11-15)34-27/h8-9,11-13,30H,6-7,10,14,26-28H2,1-5H3. The van der Waals surface area contributed by atoms with Crippen LogP contribution in [0.15, 0.2) is 39.5 Å². The molecule has 0 bridgehead atoms. The maximum atomic E-state index is 14.1. The van der Waals surface area contributed by atoms with Crippen LogP contribution >= 0.6 is 0 Å². The normalized spacial score (nSPS) is 11.9. The summed E-state index contributed by atoms with van der Waals surface area (Å²) in [5.74, 6) is 2.49. The summed E-state index contributed by atoms with van der Waals surface area (Å²) < 4.78 is 28.9. The number of unbranched alkanes of at least 4 members (excludes halogenated alkanes) is 1. The van der Waals surface area contributed by atoms with Gasteiger partial charge < -0.3 is 27.9 Å². The summed E-state index contributed by atoms with van der Waals surface area (Å²) in [5, 5.41) is -0.148. The van der Waals surface area contributed by atoms with Gasteiger partial charge in [-0.15, -0.1) is 0 Å². The predicted molar refractivity (Wildman–Crippen MR) is 153 cm³/mol. The molecular formula is C25H35B3O7Si. The molecule has 36 heavy (non-hydrogen) atoms. The van der Waals surface area contributed by atoms with Gasteiger partial charge in [0.25, 0.3) is 0 Å². The zero-order valence-corrected chi connectivity index (χ0v) is 23.6. The topological polar surface area (TPSA) is 87.4 Å². The molecule has 0 fully saturated rings. The molecule has 11 heteroatoms. The van der Waals surface area contributed by atoms with Crippen LogP contribution in [0.4, 0.5) is 0 Å². The average Bonchev–Trinajstić information content (AvgIpc) is 2.83. The summed E-state index contributed by atoms with van der Waals surface area (Å²) in [6.07, 6.45) is 2.26. The molecular weight excluding hydrogens is 473 g/mol. The maximum Gasteiger partial charge on any atom is 0.322 e. The Hall–Kier alpha value is -2.78. The van der Waals surface area contributed by atoms with E-state index in [9.17, 15) is 9.59 Å². The van der Waals surface area contributed by atoms with Crippen molar-refractivity contribution in [3.63, 3.8) is 0 Å². The number of fused-ring (bicyclic) bond motifs is 1. The lowest BCUT2D eigenvalue weighted by Gasteiger charge is -2.35. The summed E-state index contributed by atoms with van der Waals surface area (Å²) in [7, 11) is 2.02. The molecule has 0 aliphatic heterocycles. The second-order valence-electron chi connectivity index (χ2n) is 10.1. The van der Waals surface area contributed by atoms with Crippen molar-refractivity contribution in [2.75, 3.05) is 6.61 Å². The molecule has 7 nitrogen and oxygen atoms in total. The van der Waals surface area contributed by atoms with Gasteiger partial charge in [0.15, 0.2) is 13.7 Å². The van der Waals surface area contributed by atoms with Crippen molar-refractivity contribution in [2.24, 2.45) is 0 Å². The number of benzene rings is 2. The minimum Gasteiger partial charge on any atom is -0.567 e. The van der Waals surface area contributed by atoms with Crippen LogP contribution in [-0.4, -0.2) is 43.9 Å². The molecule has 190 valence electrons. The fourth-order valence-electron chi connectivity index (χ4n) is 3.90. The highest BCUT2D eigenvalue weighted by atomic mass is 28.4. The Morgan fingerprint density at radius 1 is 1.00 bits per heavy atom. The Kier molecular flexibility index (Phi) is 8.56. The van der Waals surface area contributed by atoms with E-state index in [0.717, 1.165) is 12.8 Å². The van der Waals surface area contributed by atoms with Crippen molar-refractivity contribution in [1.82, 2.24) is 0 Å². The van der Waals surface area contributed by atoms with Crippen LogP contribution in [-0.2, 0) is 6.42 Å². The van der Waals surface area contributed by atoms with E-state index in [1.165, 1.54) is 8.05 Å². The lowest BCUT2D eigenvalue weighted by molar-refractivity contribution is 0.308. The number of rotatable bonds is 11. The number of hydrogen-bond donors (Lipinski definition) is 1. The number of ether oxygens (including phenoxy) is 1.